The summed E-state index contributed by atoms with van der Waals surface area (Å²) in [5.74, 6) is 0. The Kier molecular flexibility index (Phi) is 5.38. The summed E-state index contributed by atoms with van der Waals surface area (Å²) in [6, 6.07) is 41.7. The van der Waals surface area contributed by atoms with E-state index in [-0.39, 0.29) is 0 Å². The SMILES string of the molecule is c1cc(-c2ccc(-c3cccc(-c4ccncc4)n3)cc2)cc(-c2nc3c(nc4ccccn43)c3ccccc23)c1. The molecule has 0 bridgehead atoms. The summed E-state index contributed by atoms with van der Waals surface area (Å²) in [5.41, 5.74) is 11.0. The second-order valence-electron chi connectivity index (χ2n) is 10.0. The number of imidazole rings is 1. The number of hydrogen-bond acceptors (Lipinski definition) is 4. The molecule has 8 rings (SSSR count). The predicted molar refractivity (Wildman–Crippen MR) is 165 cm³/mol. The highest BCUT2D eigenvalue weighted by Crippen LogP contribution is 2.34. The average molecular weight is 526 g/mol. The van der Waals surface area contributed by atoms with Crippen molar-refractivity contribution in [2.45, 2.75) is 0 Å². The molecule has 0 fully saturated rings. The van der Waals surface area contributed by atoms with Crippen LogP contribution in [0.25, 0.3) is 72.5 Å². The minimum Gasteiger partial charge on any atom is -0.284 e. The lowest BCUT2D eigenvalue weighted by Gasteiger charge is -2.10. The summed E-state index contributed by atoms with van der Waals surface area (Å²) >= 11 is 0. The maximum Gasteiger partial charge on any atom is 0.165 e. The van der Waals surface area contributed by atoms with Gasteiger partial charge in [0, 0.05) is 46.1 Å². The third-order valence-corrected chi connectivity index (χ3v) is 7.53. The fraction of sp³-hybridized carbons (Fsp3) is 0. The van der Waals surface area contributed by atoms with Crippen LogP contribution in [0.15, 0.2) is 140 Å². The standard InChI is InChI=1S/C36H23N5/c1-2-10-30-29(9-1)34(40-36-35(30)39-33-13-3-4-22-41(33)36)28-8-5-7-27(23-28)24-14-16-25(17-15-24)31-11-6-12-32(38-31)26-18-20-37-21-19-26/h1-23H. The van der Waals surface area contributed by atoms with Gasteiger partial charge in [0.2, 0.25) is 0 Å². The van der Waals surface area contributed by atoms with Crippen LogP contribution in [0.5, 0.6) is 0 Å². The summed E-state index contributed by atoms with van der Waals surface area (Å²) in [6.07, 6.45) is 5.61. The third-order valence-electron chi connectivity index (χ3n) is 7.53. The van der Waals surface area contributed by atoms with Crippen molar-refractivity contribution >= 4 is 27.6 Å². The molecule has 5 aromatic heterocycles. The molecule has 5 heteroatoms. The van der Waals surface area contributed by atoms with E-state index < -0.39 is 0 Å². The van der Waals surface area contributed by atoms with Crippen molar-refractivity contribution in [2.24, 2.45) is 0 Å². The first kappa shape index (κ1) is 23.2. The van der Waals surface area contributed by atoms with Gasteiger partial charge in [0.1, 0.15) is 11.2 Å². The van der Waals surface area contributed by atoms with Crippen LogP contribution in [0.2, 0.25) is 0 Å². The zero-order chi connectivity index (χ0) is 27.2. The molecule has 3 aromatic carbocycles. The van der Waals surface area contributed by atoms with Crippen LogP contribution < -0.4 is 0 Å². The number of nitrogens with zero attached hydrogens (tertiary/aromatic N) is 5. The summed E-state index contributed by atoms with van der Waals surface area (Å²) < 4.78 is 2.06. The fourth-order valence-corrected chi connectivity index (χ4v) is 5.51. The lowest BCUT2D eigenvalue weighted by atomic mass is 9.97. The van der Waals surface area contributed by atoms with E-state index in [0.29, 0.717) is 0 Å². The number of fused-ring (bicyclic) bond motifs is 5. The lowest BCUT2D eigenvalue weighted by molar-refractivity contribution is 1.19. The first-order valence-corrected chi connectivity index (χ1v) is 13.6. The first-order valence-electron chi connectivity index (χ1n) is 13.6. The quantitative estimate of drug-likeness (QED) is 0.231. The van der Waals surface area contributed by atoms with Gasteiger partial charge in [0.25, 0.3) is 0 Å². The van der Waals surface area contributed by atoms with Crippen molar-refractivity contribution in [2.75, 3.05) is 0 Å². The molecule has 0 spiro atoms. The van der Waals surface area contributed by atoms with Crippen LogP contribution in [-0.4, -0.2) is 24.3 Å². The fourth-order valence-electron chi connectivity index (χ4n) is 5.51. The highest BCUT2D eigenvalue weighted by atomic mass is 15.1. The molecule has 0 saturated carbocycles. The third kappa shape index (κ3) is 4.03. The number of aromatic nitrogens is 5. The molecule has 0 aliphatic rings. The van der Waals surface area contributed by atoms with Gasteiger partial charge in [0.15, 0.2) is 5.65 Å². The molecule has 0 aliphatic carbocycles. The molecular weight excluding hydrogens is 502 g/mol. The molecule has 0 atom stereocenters. The molecule has 0 unspecified atom stereocenters. The van der Waals surface area contributed by atoms with E-state index in [1.54, 1.807) is 12.4 Å². The monoisotopic (exact) mass is 525 g/mol. The van der Waals surface area contributed by atoms with E-state index in [4.69, 9.17) is 15.0 Å². The molecule has 0 saturated heterocycles. The molecule has 0 N–H and O–H groups in total. The smallest absolute Gasteiger partial charge is 0.165 e. The minimum atomic E-state index is 0.866. The van der Waals surface area contributed by atoms with Gasteiger partial charge in [-0.25, -0.2) is 15.0 Å². The highest BCUT2D eigenvalue weighted by molar-refractivity contribution is 6.09. The van der Waals surface area contributed by atoms with E-state index in [2.05, 4.69) is 82.2 Å². The first-order chi connectivity index (χ1) is 20.3. The molecular formula is C36H23N5. The van der Waals surface area contributed by atoms with Crippen LogP contribution >= 0.6 is 0 Å². The maximum absolute atomic E-state index is 5.17. The second-order valence-corrected chi connectivity index (χ2v) is 10.0. The van der Waals surface area contributed by atoms with Crippen molar-refractivity contribution in [1.82, 2.24) is 24.3 Å². The largest absolute Gasteiger partial charge is 0.284 e. The number of pyridine rings is 4. The van der Waals surface area contributed by atoms with Crippen molar-refractivity contribution in [3.8, 4) is 44.9 Å². The van der Waals surface area contributed by atoms with Gasteiger partial charge < -0.3 is 0 Å². The average Bonchev–Trinajstić information content (AvgIpc) is 3.44. The number of hydrogen-bond donors (Lipinski definition) is 0. The van der Waals surface area contributed by atoms with Crippen LogP contribution in [0.1, 0.15) is 0 Å². The van der Waals surface area contributed by atoms with Gasteiger partial charge in [-0.15, -0.1) is 0 Å². The van der Waals surface area contributed by atoms with E-state index in [1.165, 1.54) is 0 Å². The molecule has 0 aliphatic heterocycles. The zero-order valence-corrected chi connectivity index (χ0v) is 22.0. The Morgan fingerprint density at radius 2 is 1.15 bits per heavy atom. The minimum absolute atomic E-state index is 0.866. The summed E-state index contributed by atoms with van der Waals surface area (Å²) in [4.78, 5) is 19.1. The van der Waals surface area contributed by atoms with E-state index in [0.717, 1.165) is 72.5 Å². The van der Waals surface area contributed by atoms with E-state index in [9.17, 15) is 0 Å². The summed E-state index contributed by atoms with van der Waals surface area (Å²) in [5, 5.41) is 2.20. The second kappa shape index (κ2) is 9.50. The topological polar surface area (TPSA) is 56.0 Å². The summed E-state index contributed by atoms with van der Waals surface area (Å²) in [6.45, 7) is 0. The molecule has 192 valence electrons. The Bertz CT molecular complexity index is 2200. The maximum atomic E-state index is 5.17. The Labute approximate surface area is 236 Å². The summed E-state index contributed by atoms with van der Waals surface area (Å²) in [7, 11) is 0. The zero-order valence-electron chi connectivity index (χ0n) is 22.0. The Morgan fingerprint density at radius 3 is 1.98 bits per heavy atom. The Morgan fingerprint density at radius 1 is 0.463 bits per heavy atom. The number of benzene rings is 3. The molecule has 41 heavy (non-hydrogen) atoms. The van der Waals surface area contributed by atoms with Gasteiger partial charge >= 0.3 is 0 Å². The van der Waals surface area contributed by atoms with Crippen LogP contribution in [0.3, 0.4) is 0 Å². The van der Waals surface area contributed by atoms with Gasteiger partial charge in [0.05, 0.1) is 17.1 Å². The van der Waals surface area contributed by atoms with E-state index in [1.807, 2.05) is 54.7 Å². The van der Waals surface area contributed by atoms with Crippen LogP contribution in [0.4, 0.5) is 0 Å². The molecule has 0 radical (unpaired) electrons. The van der Waals surface area contributed by atoms with Gasteiger partial charge in [-0.1, -0.05) is 78.9 Å². The number of rotatable bonds is 4. The van der Waals surface area contributed by atoms with Crippen molar-refractivity contribution in [3.63, 3.8) is 0 Å². The normalized spacial score (nSPS) is 11.4. The van der Waals surface area contributed by atoms with Crippen molar-refractivity contribution in [1.29, 1.82) is 0 Å². The van der Waals surface area contributed by atoms with Crippen molar-refractivity contribution < 1.29 is 0 Å². The van der Waals surface area contributed by atoms with E-state index >= 15 is 0 Å². The van der Waals surface area contributed by atoms with Crippen LogP contribution in [0, 0.1) is 0 Å². The Hall–Kier alpha value is -5.68. The molecule has 5 heterocycles. The van der Waals surface area contributed by atoms with Gasteiger partial charge in [-0.05, 0) is 53.6 Å². The van der Waals surface area contributed by atoms with Gasteiger partial charge in [-0.3, -0.25) is 9.38 Å². The predicted octanol–water partition coefficient (Wildman–Crippen LogP) is 8.49. The van der Waals surface area contributed by atoms with Gasteiger partial charge in [-0.2, -0.15) is 0 Å². The molecule has 8 aromatic rings. The Balaban J connectivity index is 1.19. The van der Waals surface area contributed by atoms with Crippen LogP contribution in [-0.2, 0) is 0 Å². The lowest BCUT2D eigenvalue weighted by Crippen LogP contribution is -1.92. The highest BCUT2D eigenvalue weighted by Gasteiger charge is 2.15. The molecule has 5 nitrogen and oxygen atoms in total. The van der Waals surface area contributed by atoms with Crippen molar-refractivity contribution in [3.05, 3.63) is 140 Å². The molecule has 0 amide bonds.